The number of nitrogens with zero attached hydrogens (tertiary/aromatic N) is 1. The van der Waals surface area contributed by atoms with Crippen LogP contribution in [0.4, 0.5) is 17.1 Å². The number of hydrogen-bond donors (Lipinski definition) is 0. The third-order valence-corrected chi connectivity index (χ3v) is 12.8. The smallest absolute Gasteiger partial charge is 0.0468 e. The molecule has 2 heteroatoms. The molecule has 0 saturated carbocycles. The van der Waals surface area contributed by atoms with Gasteiger partial charge >= 0.3 is 0 Å². The SMILES string of the molecule is CC1(C)c2cc(N(c3ccc(-c4ccccc4)cc3)c3ccc4c5ccccc5c5ccccc5c4c3)ccc2-c2c1ccc1c2sc2ccccc21. The zero-order valence-electron chi connectivity index (χ0n) is 29.6. The van der Waals surface area contributed by atoms with Gasteiger partial charge in [0, 0.05) is 48.2 Å². The van der Waals surface area contributed by atoms with Crippen molar-refractivity contribution in [1.29, 1.82) is 0 Å². The Labute approximate surface area is 313 Å². The molecule has 1 heterocycles. The molecule has 0 saturated heterocycles. The molecular weight excluding hydrogens is 659 g/mol. The molecule has 0 aliphatic heterocycles. The van der Waals surface area contributed by atoms with Gasteiger partial charge in [-0.15, -0.1) is 11.3 Å². The largest absolute Gasteiger partial charge is 0.310 e. The van der Waals surface area contributed by atoms with E-state index in [1.54, 1.807) is 0 Å². The van der Waals surface area contributed by atoms with Crippen molar-refractivity contribution in [3.05, 3.63) is 187 Å². The van der Waals surface area contributed by atoms with Crippen LogP contribution in [-0.4, -0.2) is 0 Å². The van der Waals surface area contributed by atoms with Crippen LogP contribution in [0.2, 0.25) is 0 Å². The maximum atomic E-state index is 2.46. The zero-order chi connectivity index (χ0) is 35.3. The van der Waals surface area contributed by atoms with Gasteiger partial charge in [0.1, 0.15) is 0 Å². The topological polar surface area (TPSA) is 3.24 Å². The van der Waals surface area contributed by atoms with Crippen molar-refractivity contribution in [1.82, 2.24) is 0 Å². The molecule has 0 spiro atoms. The van der Waals surface area contributed by atoms with Crippen LogP contribution in [-0.2, 0) is 5.41 Å². The standard InChI is InChI=1S/C51H35NS/c1-51(2)46-29-28-43-42-18-10-11-19-48(42)53-50(43)49(46)44-27-25-36(31-47(44)51)52(34-22-20-33(21-23-34)32-12-4-3-5-13-32)35-24-26-41-39-16-7-6-14-37(39)38-15-8-9-17-40(38)45(41)30-35/h3-31H,1-2H3. The molecule has 0 atom stereocenters. The average molecular weight is 694 g/mol. The molecule has 11 rings (SSSR count). The molecule has 0 bridgehead atoms. The minimum atomic E-state index is -0.146. The lowest BCUT2D eigenvalue weighted by molar-refractivity contribution is 0.661. The summed E-state index contributed by atoms with van der Waals surface area (Å²) in [5.74, 6) is 0. The Balaban J connectivity index is 1.13. The third kappa shape index (κ3) is 4.49. The van der Waals surface area contributed by atoms with Crippen molar-refractivity contribution in [2.75, 3.05) is 4.90 Å². The Morgan fingerprint density at radius 2 is 0.925 bits per heavy atom. The molecule has 9 aromatic carbocycles. The van der Waals surface area contributed by atoms with Gasteiger partial charge in [0.25, 0.3) is 0 Å². The highest BCUT2D eigenvalue weighted by atomic mass is 32.1. The van der Waals surface area contributed by atoms with E-state index < -0.39 is 0 Å². The Morgan fingerprint density at radius 1 is 0.396 bits per heavy atom. The van der Waals surface area contributed by atoms with Crippen LogP contribution in [0.3, 0.4) is 0 Å². The summed E-state index contributed by atoms with van der Waals surface area (Å²) in [6.07, 6.45) is 0. The molecule has 1 aliphatic rings. The monoisotopic (exact) mass is 693 g/mol. The summed E-state index contributed by atoms with van der Waals surface area (Å²) in [7, 11) is 0. The molecule has 0 amide bonds. The predicted octanol–water partition coefficient (Wildman–Crippen LogP) is 15.0. The molecule has 1 nitrogen and oxygen atoms in total. The van der Waals surface area contributed by atoms with Gasteiger partial charge in [-0.1, -0.05) is 147 Å². The Bertz CT molecular complexity index is 3040. The van der Waals surface area contributed by atoms with Crippen LogP contribution in [0, 0.1) is 0 Å². The molecule has 0 N–H and O–H groups in total. The molecule has 0 radical (unpaired) electrons. The van der Waals surface area contributed by atoms with E-state index in [0.29, 0.717) is 0 Å². The second-order valence-corrected chi connectivity index (χ2v) is 15.9. The highest BCUT2D eigenvalue weighted by Gasteiger charge is 2.37. The Hall–Kier alpha value is -6.22. The molecule has 250 valence electrons. The minimum Gasteiger partial charge on any atom is -0.310 e. The number of fused-ring (bicyclic) bond motifs is 13. The summed E-state index contributed by atoms with van der Waals surface area (Å²) in [6.45, 7) is 4.79. The van der Waals surface area contributed by atoms with Crippen LogP contribution in [0.5, 0.6) is 0 Å². The van der Waals surface area contributed by atoms with E-state index in [1.165, 1.54) is 85.9 Å². The van der Waals surface area contributed by atoms with Crippen molar-refractivity contribution in [2.45, 2.75) is 19.3 Å². The highest BCUT2D eigenvalue weighted by Crippen LogP contribution is 2.55. The van der Waals surface area contributed by atoms with Gasteiger partial charge in [0.2, 0.25) is 0 Å². The summed E-state index contributed by atoms with van der Waals surface area (Å²) < 4.78 is 2.74. The van der Waals surface area contributed by atoms with E-state index in [4.69, 9.17) is 0 Å². The molecule has 1 aliphatic carbocycles. The van der Waals surface area contributed by atoms with Gasteiger partial charge in [-0.05, 0) is 103 Å². The quantitative estimate of drug-likeness (QED) is 0.166. The van der Waals surface area contributed by atoms with Crippen LogP contribution < -0.4 is 4.90 Å². The lowest BCUT2D eigenvalue weighted by Crippen LogP contribution is -2.16. The van der Waals surface area contributed by atoms with Crippen molar-refractivity contribution in [2.24, 2.45) is 0 Å². The van der Waals surface area contributed by atoms with Crippen LogP contribution >= 0.6 is 11.3 Å². The first-order valence-corrected chi connectivity index (χ1v) is 19.2. The lowest BCUT2D eigenvalue weighted by Gasteiger charge is -2.28. The maximum absolute atomic E-state index is 2.46. The molecule has 10 aromatic rings. The van der Waals surface area contributed by atoms with Gasteiger partial charge in [-0.3, -0.25) is 0 Å². The summed E-state index contributed by atoms with van der Waals surface area (Å²) in [5.41, 5.74) is 11.3. The normalized spacial score (nSPS) is 13.2. The van der Waals surface area contributed by atoms with Crippen molar-refractivity contribution < 1.29 is 0 Å². The number of rotatable bonds is 4. The second-order valence-electron chi connectivity index (χ2n) is 14.9. The number of benzene rings is 9. The molecule has 0 unspecified atom stereocenters. The van der Waals surface area contributed by atoms with E-state index in [-0.39, 0.29) is 5.41 Å². The van der Waals surface area contributed by atoms with Crippen LogP contribution in [0.1, 0.15) is 25.0 Å². The fourth-order valence-corrected chi connectivity index (χ4v) is 10.3. The number of hydrogen-bond acceptors (Lipinski definition) is 2. The minimum absolute atomic E-state index is 0.146. The van der Waals surface area contributed by atoms with Gasteiger partial charge in [0.15, 0.2) is 0 Å². The van der Waals surface area contributed by atoms with Crippen molar-refractivity contribution >= 4 is 80.9 Å². The predicted molar refractivity (Wildman–Crippen MR) is 230 cm³/mol. The van der Waals surface area contributed by atoms with E-state index >= 15 is 0 Å². The van der Waals surface area contributed by atoms with E-state index in [1.807, 2.05) is 11.3 Å². The van der Waals surface area contributed by atoms with E-state index in [2.05, 4.69) is 195 Å². The molecule has 53 heavy (non-hydrogen) atoms. The summed E-state index contributed by atoms with van der Waals surface area (Å²) in [4.78, 5) is 2.45. The fourth-order valence-electron chi connectivity index (χ4n) is 9.04. The summed E-state index contributed by atoms with van der Waals surface area (Å²) in [5, 5.41) is 10.4. The van der Waals surface area contributed by atoms with E-state index in [9.17, 15) is 0 Å². The zero-order valence-corrected chi connectivity index (χ0v) is 30.4. The van der Waals surface area contributed by atoms with E-state index in [0.717, 1.165) is 17.1 Å². The van der Waals surface area contributed by atoms with Gasteiger partial charge in [-0.2, -0.15) is 0 Å². The van der Waals surface area contributed by atoms with Crippen molar-refractivity contribution in [3.8, 4) is 22.3 Å². The third-order valence-electron chi connectivity index (χ3n) is 11.6. The fraction of sp³-hybridized carbons (Fsp3) is 0.0588. The molecular formula is C51H35NS. The van der Waals surface area contributed by atoms with Gasteiger partial charge in [-0.25, -0.2) is 0 Å². The molecule has 1 aromatic heterocycles. The lowest BCUT2D eigenvalue weighted by atomic mass is 9.82. The second kappa shape index (κ2) is 11.4. The van der Waals surface area contributed by atoms with Crippen molar-refractivity contribution in [3.63, 3.8) is 0 Å². The first kappa shape index (κ1) is 30.4. The first-order chi connectivity index (χ1) is 26.0. The Morgan fingerprint density at radius 3 is 1.64 bits per heavy atom. The summed E-state index contributed by atoms with van der Waals surface area (Å²) >= 11 is 1.93. The summed E-state index contributed by atoms with van der Waals surface area (Å²) in [6, 6.07) is 65.2. The Kier molecular flexibility index (Phi) is 6.53. The molecule has 0 fully saturated rings. The highest BCUT2D eigenvalue weighted by molar-refractivity contribution is 7.26. The van der Waals surface area contributed by atoms with Gasteiger partial charge in [0.05, 0.1) is 0 Å². The van der Waals surface area contributed by atoms with Crippen LogP contribution in [0.15, 0.2) is 176 Å². The number of thiophene rings is 1. The average Bonchev–Trinajstić information content (AvgIpc) is 3.70. The maximum Gasteiger partial charge on any atom is 0.0468 e. The van der Waals surface area contributed by atoms with Crippen LogP contribution in [0.25, 0.3) is 74.7 Å². The number of anilines is 3. The van der Waals surface area contributed by atoms with Gasteiger partial charge < -0.3 is 4.90 Å². The first-order valence-electron chi connectivity index (χ1n) is 18.4.